The zero-order chi connectivity index (χ0) is 25.8. The van der Waals surface area contributed by atoms with E-state index in [-0.39, 0.29) is 26.4 Å². The summed E-state index contributed by atoms with van der Waals surface area (Å²) in [6.07, 6.45) is 2.26. The Balaban J connectivity index is 1.55. The first-order valence-corrected chi connectivity index (χ1v) is 12.6. The number of carbonyl (C=O) groups excluding carboxylic acids is 2. The number of ether oxygens (including phenoxy) is 4. The van der Waals surface area contributed by atoms with Gasteiger partial charge >= 0.3 is 11.9 Å². The molecule has 37 heavy (non-hydrogen) atoms. The second-order valence-electron chi connectivity index (χ2n) is 8.16. The molecule has 186 valence electrons. The van der Waals surface area contributed by atoms with Gasteiger partial charge < -0.3 is 18.9 Å². The third kappa shape index (κ3) is 4.99. The summed E-state index contributed by atoms with van der Waals surface area (Å²) in [6.45, 7) is 7.55. The molecule has 0 radical (unpaired) electrons. The van der Waals surface area contributed by atoms with Gasteiger partial charge in [-0.2, -0.15) is 0 Å². The first kappa shape index (κ1) is 24.3. The second-order valence-corrected chi connectivity index (χ2v) is 9.21. The van der Waals surface area contributed by atoms with Crippen molar-refractivity contribution in [1.29, 1.82) is 0 Å². The standard InChI is InChI=1S/C30H24O6S/c1-3-27(31)35-15-13-33-20-11-9-19-10-12-26-29(23(19)17-20)24-18-25(34-14-16-36-28(32)4-2)21-7-5-6-8-22(21)30(24)37-26/h3-12,17-18H,1-2,13-16H2. The first-order valence-electron chi connectivity index (χ1n) is 11.7. The lowest BCUT2D eigenvalue weighted by atomic mass is 10.0. The van der Waals surface area contributed by atoms with Gasteiger partial charge in [0.2, 0.25) is 0 Å². The Morgan fingerprint density at radius 3 is 2.14 bits per heavy atom. The smallest absolute Gasteiger partial charge is 0.330 e. The quantitative estimate of drug-likeness (QED) is 0.120. The van der Waals surface area contributed by atoms with Crippen molar-refractivity contribution in [3.63, 3.8) is 0 Å². The summed E-state index contributed by atoms with van der Waals surface area (Å²) in [7, 11) is 0. The van der Waals surface area contributed by atoms with Crippen LogP contribution in [0.5, 0.6) is 11.5 Å². The lowest BCUT2D eigenvalue weighted by Crippen LogP contribution is -2.10. The van der Waals surface area contributed by atoms with Crippen molar-refractivity contribution in [2.24, 2.45) is 0 Å². The summed E-state index contributed by atoms with van der Waals surface area (Å²) in [5.74, 6) is 0.468. The molecule has 4 aromatic carbocycles. The van der Waals surface area contributed by atoms with Crippen molar-refractivity contribution in [2.45, 2.75) is 0 Å². The molecule has 5 rings (SSSR count). The van der Waals surface area contributed by atoms with E-state index in [0.717, 1.165) is 54.9 Å². The molecule has 0 aliphatic rings. The van der Waals surface area contributed by atoms with Crippen LogP contribution in [0.2, 0.25) is 0 Å². The maximum Gasteiger partial charge on any atom is 0.330 e. The zero-order valence-corrected chi connectivity index (χ0v) is 20.8. The summed E-state index contributed by atoms with van der Waals surface area (Å²) in [6, 6.07) is 20.4. The molecule has 6 nitrogen and oxygen atoms in total. The number of carbonyl (C=O) groups is 2. The number of hydrogen-bond donors (Lipinski definition) is 0. The highest BCUT2D eigenvalue weighted by Crippen LogP contribution is 2.45. The highest BCUT2D eigenvalue weighted by Gasteiger charge is 2.15. The molecular formula is C30H24O6S. The van der Waals surface area contributed by atoms with E-state index in [1.807, 2.05) is 36.4 Å². The monoisotopic (exact) mass is 512 g/mol. The molecule has 1 heterocycles. The molecular weight excluding hydrogens is 488 g/mol. The van der Waals surface area contributed by atoms with Crippen LogP contribution in [0, 0.1) is 0 Å². The van der Waals surface area contributed by atoms with Crippen LogP contribution in [-0.2, 0) is 19.1 Å². The Hall–Kier alpha value is -4.36. The molecule has 0 amide bonds. The average Bonchev–Trinajstić information content (AvgIpc) is 3.32. The van der Waals surface area contributed by atoms with Crippen LogP contribution >= 0.6 is 11.3 Å². The van der Waals surface area contributed by atoms with E-state index in [1.165, 1.54) is 4.70 Å². The maximum atomic E-state index is 11.4. The van der Waals surface area contributed by atoms with Crippen molar-refractivity contribution < 1.29 is 28.5 Å². The molecule has 0 aliphatic heterocycles. The van der Waals surface area contributed by atoms with Crippen molar-refractivity contribution in [2.75, 3.05) is 26.4 Å². The molecule has 0 unspecified atom stereocenters. The fourth-order valence-electron chi connectivity index (χ4n) is 4.29. The van der Waals surface area contributed by atoms with Crippen LogP contribution in [0.15, 0.2) is 86.0 Å². The highest BCUT2D eigenvalue weighted by molar-refractivity contribution is 7.26. The Morgan fingerprint density at radius 1 is 0.730 bits per heavy atom. The van der Waals surface area contributed by atoms with Crippen LogP contribution in [0.1, 0.15) is 0 Å². The first-order chi connectivity index (χ1) is 18.1. The third-order valence-electron chi connectivity index (χ3n) is 5.91. The van der Waals surface area contributed by atoms with Crippen molar-refractivity contribution >= 4 is 65.0 Å². The largest absolute Gasteiger partial charge is 0.490 e. The van der Waals surface area contributed by atoms with E-state index in [1.54, 1.807) is 11.3 Å². The minimum atomic E-state index is -0.476. The molecule has 0 N–H and O–H groups in total. The molecule has 0 fully saturated rings. The zero-order valence-electron chi connectivity index (χ0n) is 20.0. The summed E-state index contributed by atoms with van der Waals surface area (Å²) in [5.41, 5.74) is 0. The van der Waals surface area contributed by atoms with E-state index < -0.39 is 11.9 Å². The Labute approximate surface area is 217 Å². The van der Waals surface area contributed by atoms with Gasteiger partial charge in [0.1, 0.15) is 37.9 Å². The van der Waals surface area contributed by atoms with Gasteiger partial charge in [-0.25, -0.2) is 9.59 Å². The lowest BCUT2D eigenvalue weighted by molar-refractivity contribution is -0.139. The highest BCUT2D eigenvalue weighted by atomic mass is 32.1. The van der Waals surface area contributed by atoms with Crippen LogP contribution in [-0.4, -0.2) is 38.4 Å². The minimum Gasteiger partial charge on any atom is -0.490 e. The molecule has 5 aromatic rings. The van der Waals surface area contributed by atoms with Gasteiger partial charge in [-0.05, 0) is 35.0 Å². The van der Waals surface area contributed by atoms with Crippen molar-refractivity contribution in [3.8, 4) is 11.5 Å². The maximum absolute atomic E-state index is 11.4. The third-order valence-corrected chi connectivity index (χ3v) is 7.11. The normalized spacial score (nSPS) is 11.0. The fourth-order valence-corrected chi connectivity index (χ4v) is 5.52. The Kier molecular flexibility index (Phi) is 7.05. The predicted molar refractivity (Wildman–Crippen MR) is 148 cm³/mol. The number of rotatable bonds is 10. The summed E-state index contributed by atoms with van der Waals surface area (Å²) in [5, 5.41) is 6.45. The summed E-state index contributed by atoms with van der Waals surface area (Å²) < 4.78 is 24.3. The Bertz CT molecular complexity index is 1670. The summed E-state index contributed by atoms with van der Waals surface area (Å²) in [4.78, 5) is 22.6. The van der Waals surface area contributed by atoms with Gasteiger partial charge in [0.15, 0.2) is 0 Å². The second kappa shape index (κ2) is 10.7. The van der Waals surface area contributed by atoms with E-state index >= 15 is 0 Å². The average molecular weight is 513 g/mol. The Morgan fingerprint density at radius 2 is 1.41 bits per heavy atom. The molecule has 1 aromatic heterocycles. The van der Waals surface area contributed by atoms with Gasteiger partial charge in [0.05, 0.1) is 0 Å². The van der Waals surface area contributed by atoms with Crippen molar-refractivity contribution in [1.82, 2.24) is 0 Å². The van der Waals surface area contributed by atoms with Gasteiger partial charge in [0, 0.05) is 43.1 Å². The molecule has 0 saturated carbocycles. The minimum absolute atomic E-state index is 0.132. The van der Waals surface area contributed by atoms with Gasteiger partial charge in [-0.1, -0.05) is 49.6 Å². The molecule has 7 heteroatoms. The van der Waals surface area contributed by atoms with E-state index in [4.69, 9.17) is 18.9 Å². The number of thiophene rings is 1. The van der Waals surface area contributed by atoms with Crippen molar-refractivity contribution in [3.05, 3.63) is 86.0 Å². The van der Waals surface area contributed by atoms with Crippen LogP contribution < -0.4 is 9.47 Å². The van der Waals surface area contributed by atoms with E-state index in [0.29, 0.717) is 5.75 Å². The fraction of sp³-hybridized carbons (Fsp3) is 0.133. The summed E-state index contributed by atoms with van der Waals surface area (Å²) >= 11 is 1.74. The van der Waals surface area contributed by atoms with Gasteiger partial charge in [-0.15, -0.1) is 11.3 Å². The van der Waals surface area contributed by atoms with Crippen LogP contribution in [0.3, 0.4) is 0 Å². The number of hydrogen-bond acceptors (Lipinski definition) is 7. The van der Waals surface area contributed by atoms with Gasteiger partial charge in [0.25, 0.3) is 0 Å². The SMILES string of the molecule is C=CC(=O)OCCOc1ccc2ccc3sc4c5ccccc5c(OCCOC(=O)C=C)cc4c3c2c1. The topological polar surface area (TPSA) is 71.1 Å². The molecule has 0 bridgehead atoms. The molecule has 0 saturated heterocycles. The number of esters is 2. The number of fused-ring (bicyclic) bond motifs is 7. The lowest BCUT2D eigenvalue weighted by Gasteiger charge is -2.11. The predicted octanol–water partition coefficient (Wildman–Crippen LogP) is 6.58. The van der Waals surface area contributed by atoms with Gasteiger partial charge in [-0.3, -0.25) is 0 Å². The number of benzene rings is 4. The van der Waals surface area contributed by atoms with Crippen LogP contribution in [0.25, 0.3) is 41.7 Å². The van der Waals surface area contributed by atoms with E-state index in [2.05, 4.69) is 37.4 Å². The molecule has 0 aliphatic carbocycles. The molecule has 0 spiro atoms. The van der Waals surface area contributed by atoms with Crippen LogP contribution in [0.4, 0.5) is 0 Å². The molecule has 0 atom stereocenters. The van der Waals surface area contributed by atoms with E-state index in [9.17, 15) is 9.59 Å².